The van der Waals surface area contributed by atoms with Gasteiger partial charge in [-0.2, -0.15) is 26.3 Å². The highest BCUT2D eigenvalue weighted by Crippen LogP contribution is 2.49. The first-order valence-electron chi connectivity index (χ1n) is 5.45. The summed E-state index contributed by atoms with van der Waals surface area (Å²) in [4.78, 5) is 0. The molecule has 0 N–H and O–H groups in total. The Kier molecular flexibility index (Phi) is 6.59. The minimum Gasteiger partial charge on any atom is -0.224 e. The molecule has 0 atom stereocenters. The summed E-state index contributed by atoms with van der Waals surface area (Å²) in [5.41, 5.74) is -5.24. The summed E-state index contributed by atoms with van der Waals surface area (Å²) in [5, 5.41) is 0. The molecule has 0 aromatic rings. The number of halogens is 8. The minimum atomic E-state index is -6.04. The summed E-state index contributed by atoms with van der Waals surface area (Å²) in [6.07, 6.45) is -14.6. The lowest BCUT2D eigenvalue weighted by Gasteiger charge is -2.29. The molecule has 0 fully saturated rings. The fraction of sp³-hybridized carbons (Fsp3) is 1.00. The van der Waals surface area contributed by atoms with Gasteiger partial charge in [0.1, 0.15) is 0 Å². The van der Waals surface area contributed by atoms with Gasteiger partial charge in [-0.05, 0) is 19.3 Å². The minimum absolute atomic E-state index is 0.0108. The fourth-order valence-electron chi connectivity index (χ4n) is 1.44. The van der Waals surface area contributed by atoms with Crippen molar-refractivity contribution >= 4 is 19.7 Å². The summed E-state index contributed by atoms with van der Waals surface area (Å²) in [7, 11) is 1.10. The van der Waals surface area contributed by atoms with E-state index in [0.717, 1.165) is 0 Å². The topological polar surface area (TPSA) is 34.1 Å². The molecule has 0 amide bonds. The summed E-state index contributed by atoms with van der Waals surface area (Å²) in [6, 6.07) is 0. The first-order valence-corrected chi connectivity index (χ1v) is 7.93. The number of unbranched alkanes of at least 4 members (excludes halogenated alkanes) is 3. The van der Waals surface area contributed by atoms with Gasteiger partial charge in [-0.25, -0.2) is 12.8 Å². The van der Waals surface area contributed by atoms with Crippen LogP contribution in [0.15, 0.2) is 0 Å². The molecule has 0 rings (SSSR count). The van der Waals surface area contributed by atoms with Crippen molar-refractivity contribution in [2.45, 2.75) is 50.1 Å². The summed E-state index contributed by atoms with van der Waals surface area (Å²) in [6.45, 7) is 0. The average Bonchev–Trinajstić information content (AvgIpc) is 2.17. The maximum atomic E-state index is 13.1. The van der Waals surface area contributed by atoms with Gasteiger partial charge in [0.25, 0.3) is 5.67 Å². The quantitative estimate of drug-likeness (QED) is 0.388. The summed E-state index contributed by atoms with van der Waals surface area (Å²) >= 11 is 0. The Bertz CT molecular complexity index is 387. The van der Waals surface area contributed by atoms with E-state index in [2.05, 4.69) is 0 Å². The van der Waals surface area contributed by atoms with Gasteiger partial charge < -0.3 is 0 Å². The van der Waals surface area contributed by atoms with E-state index in [1.165, 1.54) is 0 Å². The van der Waals surface area contributed by atoms with Gasteiger partial charge in [0.15, 0.2) is 0 Å². The Hall–Kier alpha value is -0.250. The molecule has 0 aliphatic heterocycles. The lowest BCUT2D eigenvalue weighted by atomic mass is 9.96. The summed E-state index contributed by atoms with van der Waals surface area (Å²) in [5.74, 6) is -0.437. The van der Waals surface area contributed by atoms with Crippen LogP contribution in [0.3, 0.4) is 0 Å². The lowest BCUT2D eigenvalue weighted by molar-refractivity contribution is -0.343. The van der Waals surface area contributed by atoms with E-state index in [-0.39, 0.29) is 19.3 Å². The van der Waals surface area contributed by atoms with Crippen molar-refractivity contribution in [2.75, 3.05) is 5.75 Å². The SMILES string of the molecule is O=S(=O)(Cl)CCCCCCC(F)(C(F)(F)F)C(F)(F)F. The predicted molar refractivity (Wildman–Crippen MR) is 58.7 cm³/mol. The van der Waals surface area contributed by atoms with Crippen LogP contribution in [0.2, 0.25) is 0 Å². The van der Waals surface area contributed by atoms with Crippen molar-refractivity contribution in [3.63, 3.8) is 0 Å². The van der Waals surface area contributed by atoms with Crippen LogP contribution in [-0.4, -0.2) is 32.2 Å². The monoisotopic (exact) mass is 352 g/mol. The zero-order valence-electron chi connectivity index (χ0n) is 9.99. The van der Waals surface area contributed by atoms with E-state index < -0.39 is 45.7 Å². The fourth-order valence-corrected chi connectivity index (χ4v) is 2.32. The van der Waals surface area contributed by atoms with Gasteiger partial charge in [0, 0.05) is 10.7 Å². The largest absolute Gasteiger partial charge is 0.431 e. The van der Waals surface area contributed by atoms with Gasteiger partial charge in [0.2, 0.25) is 9.05 Å². The molecule has 0 spiro atoms. The highest BCUT2D eigenvalue weighted by atomic mass is 35.7. The second-order valence-electron chi connectivity index (χ2n) is 4.20. The molecule has 122 valence electrons. The van der Waals surface area contributed by atoms with Crippen LogP contribution in [0.25, 0.3) is 0 Å². The van der Waals surface area contributed by atoms with Crippen LogP contribution in [0.5, 0.6) is 0 Å². The molecule has 0 radical (unpaired) electrons. The van der Waals surface area contributed by atoms with Crippen LogP contribution >= 0.6 is 10.7 Å². The predicted octanol–water partition coefficient (Wildman–Crippen LogP) is 4.34. The second kappa shape index (κ2) is 6.67. The van der Waals surface area contributed by atoms with Crippen molar-refractivity contribution in [2.24, 2.45) is 0 Å². The zero-order chi connectivity index (χ0) is 16.2. The van der Waals surface area contributed by atoms with Crippen LogP contribution in [0.4, 0.5) is 30.7 Å². The van der Waals surface area contributed by atoms with Crippen LogP contribution in [0.1, 0.15) is 32.1 Å². The van der Waals surface area contributed by atoms with Gasteiger partial charge >= 0.3 is 12.4 Å². The van der Waals surface area contributed by atoms with Crippen molar-refractivity contribution in [1.29, 1.82) is 0 Å². The molecule has 11 heteroatoms. The maximum absolute atomic E-state index is 13.1. The van der Waals surface area contributed by atoms with Gasteiger partial charge in [0.05, 0.1) is 5.75 Å². The average molecular weight is 353 g/mol. The molecule has 0 aliphatic carbocycles. The van der Waals surface area contributed by atoms with E-state index in [0.29, 0.717) is 0 Å². The Morgan fingerprint density at radius 1 is 0.750 bits per heavy atom. The van der Waals surface area contributed by atoms with Gasteiger partial charge in [-0.15, -0.1) is 0 Å². The van der Waals surface area contributed by atoms with Crippen molar-refractivity contribution < 1.29 is 39.2 Å². The molecule has 0 saturated carbocycles. The van der Waals surface area contributed by atoms with Gasteiger partial charge in [-0.1, -0.05) is 12.8 Å². The van der Waals surface area contributed by atoms with Crippen molar-refractivity contribution in [1.82, 2.24) is 0 Å². The third kappa shape index (κ3) is 6.02. The molecule has 20 heavy (non-hydrogen) atoms. The van der Waals surface area contributed by atoms with Crippen molar-refractivity contribution in [3.05, 3.63) is 0 Å². The molecule has 0 heterocycles. The molecule has 2 nitrogen and oxygen atoms in total. The van der Waals surface area contributed by atoms with E-state index in [9.17, 15) is 39.2 Å². The first-order chi connectivity index (χ1) is 8.71. The lowest BCUT2D eigenvalue weighted by Crippen LogP contribution is -2.53. The smallest absolute Gasteiger partial charge is 0.224 e. The maximum Gasteiger partial charge on any atom is 0.431 e. The standard InChI is InChI=1S/C9H12ClF7O2S/c10-20(18,19)6-4-2-1-3-5-7(11,8(12,13)14)9(15,16)17/h1-6H2. The second-order valence-corrected chi connectivity index (χ2v) is 7.10. The molecular weight excluding hydrogens is 341 g/mol. The van der Waals surface area contributed by atoms with Gasteiger partial charge in [-0.3, -0.25) is 0 Å². The normalized spacial score (nSPS) is 14.6. The molecular formula is C9H12ClF7O2S. The number of hydrogen-bond donors (Lipinski definition) is 0. The number of alkyl halides is 7. The highest BCUT2D eigenvalue weighted by molar-refractivity contribution is 8.13. The zero-order valence-corrected chi connectivity index (χ0v) is 11.6. The highest BCUT2D eigenvalue weighted by Gasteiger charge is 2.71. The Morgan fingerprint density at radius 2 is 1.15 bits per heavy atom. The van der Waals surface area contributed by atoms with Crippen LogP contribution < -0.4 is 0 Å². The Balaban J connectivity index is 4.33. The molecule has 0 saturated heterocycles. The molecule has 0 aromatic heterocycles. The first kappa shape index (κ1) is 19.8. The van der Waals surface area contributed by atoms with Crippen LogP contribution in [-0.2, 0) is 9.05 Å². The van der Waals surface area contributed by atoms with Crippen molar-refractivity contribution in [3.8, 4) is 0 Å². The summed E-state index contributed by atoms with van der Waals surface area (Å²) < 4.78 is 107. The molecule has 0 aliphatic rings. The van der Waals surface area contributed by atoms with E-state index in [1.807, 2.05) is 0 Å². The van der Waals surface area contributed by atoms with E-state index >= 15 is 0 Å². The van der Waals surface area contributed by atoms with E-state index in [4.69, 9.17) is 10.7 Å². The van der Waals surface area contributed by atoms with E-state index in [1.54, 1.807) is 0 Å². The number of hydrogen-bond acceptors (Lipinski definition) is 2. The van der Waals surface area contributed by atoms with Crippen LogP contribution in [0, 0.1) is 0 Å². The molecule has 0 unspecified atom stereocenters. The third-order valence-corrected chi connectivity index (χ3v) is 3.80. The molecule has 0 aromatic carbocycles. The Morgan fingerprint density at radius 3 is 1.50 bits per heavy atom. The molecule has 0 bridgehead atoms. The Labute approximate surface area is 115 Å². The number of rotatable bonds is 7. The third-order valence-electron chi connectivity index (χ3n) is 2.56.